The van der Waals surface area contributed by atoms with Crippen molar-refractivity contribution in [2.75, 3.05) is 16.9 Å². The zero-order valence-corrected chi connectivity index (χ0v) is 19.2. The zero-order valence-electron chi connectivity index (χ0n) is 18.4. The maximum absolute atomic E-state index is 14.2. The molecule has 0 aliphatic carbocycles. The normalized spacial score (nSPS) is 27.0. The summed E-state index contributed by atoms with van der Waals surface area (Å²) in [5.74, 6) is -0.856. The fourth-order valence-corrected chi connectivity index (χ4v) is 7.34. The molecule has 7 nitrogen and oxygen atoms in total. The predicted molar refractivity (Wildman–Crippen MR) is 130 cm³/mol. The molecule has 1 N–H and O–H groups in total. The van der Waals surface area contributed by atoms with E-state index >= 15 is 0 Å². The van der Waals surface area contributed by atoms with Gasteiger partial charge in [-0.1, -0.05) is 30.3 Å². The maximum atomic E-state index is 14.2. The smallest absolute Gasteiger partial charge is 0.269 e. The van der Waals surface area contributed by atoms with Gasteiger partial charge < -0.3 is 5.32 Å². The lowest BCUT2D eigenvalue weighted by Crippen LogP contribution is -2.52. The number of ketones is 1. The summed E-state index contributed by atoms with van der Waals surface area (Å²) in [6.07, 6.45) is 0. The molecule has 2 fully saturated rings. The van der Waals surface area contributed by atoms with Crippen LogP contribution >= 0.6 is 11.8 Å². The van der Waals surface area contributed by atoms with E-state index in [4.69, 9.17) is 0 Å². The number of anilines is 1. The van der Waals surface area contributed by atoms with E-state index in [-0.39, 0.29) is 29.3 Å². The molecular formula is C26H20FN3O4S. The second-order valence-corrected chi connectivity index (χ2v) is 10.0. The standard InChI is InChI=1S/C26H20FN3O4S/c27-17-9-5-16(6-10-17)24(31)23-22(15-7-11-18(12-8-15)30(33)34)21-13-35-14-29(21)26(23)19-3-1-2-4-20(19)28-25(26)32/h1-12,21-23H,13-14H2,(H,28,32)/t21?,22?,23?,26-/m1/s1. The van der Waals surface area contributed by atoms with Gasteiger partial charge >= 0.3 is 0 Å². The lowest BCUT2D eigenvalue weighted by molar-refractivity contribution is -0.384. The van der Waals surface area contributed by atoms with Gasteiger partial charge in [-0.05, 0) is 35.9 Å². The minimum Gasteiger partial charge on any atom is -0.324 e. The van der Waals surface area contributed by atoms with Crippen LogP contribution in [0.1, 0.15) is 27.4 Å². The maximum Gasteiger partial charge on any atom is 0.269 e. The van der Waals surface area contributed by atoms with E-state index in [0.717, 1.165) is 11.1 Å². The van der Waals surface area contributed by atoms with Crippen LogP contribution in [0.25, 0.3) is 0 Å². The highest BCUT2D eigenvalue weighted by molar-refractivity contribution is 7.99. The fraction of sp³-hybridized carbons (Fsp3) is 0.231. The summed E-state index contributed by atoms with van der Waals surface area (Å²) in [6, 6.07) is 18.9. The van der Waals surface area contributed by atoms with Gasteiger partial charge in [0.15, 0.2) is 5.78 Å². The summed E-state index contributed by atoms with van der Waals surface area (Å²) < 4.78 is 13.7. The number of nitrogens with one attached hydrogen (secondary N) is 1. The number of thioether (sulfide) groups is 1. The van der Waals surface area contributed by atoms with Gasteiger partial charge in [-0.3, -0.25) is 24.6 Å². The number of Topliss-reactive ketones (excluding diaryl/α,β-unsaturated/α-hetero) is 1. The first-order chi connectivity index (χ1) is 16.9. The van der Waals surface area contributed by atoms with Gasteiger partial charge in [0.05, 0.1) is 10.8 Å². The van der Waals surface area contributed by atoms with E-state index in [0.29, 0.717) is 22.9 Å². The Morgan fingerprint density at radius 3 is 2.51 bits per heavy atom. The van der Waals surface area contributed by atoms with Crippen molar-refractivity contribution in [3.63, 3.8) is 0 Å². The highest BCUT2D eigenvalue weighted by atomic mass is 32.2. The third kappa shape index (κ3) is 3.08. The lowest BCUT2D eigenvalue weighted by atomic mass is 9.69. The molecule has 0 aromatic heterocycles. The highest BCUT2D eigenvalue weighted by Gasteiger charge is 2.69. The predicted octanol–water partition coefficient (Wildman–Crippen LogP) is 4.55. The Labute approximate surface area is 204 Å². The molecule has 176 valence electrons. The van der Waals surface area contributed by atoms with Gasteiger partial charge in [-0.15, -0.1) is 11.8 Å². The van der Waals surface area contributed by atoms with E-state index in [1.54, 1.807) is 23.9 Å². The number of carbonyl (C=O) groups is 2. The molecule has 3 unspecified atom stereocenters. The Hall–Kier alpha value is -3.56. The van der Waals surface area contributed by atoms with Gasteiger partial charge in [0.25, 0.3) is 5.69 Å². The molecule has 0 saturated carbocycles. The minimum absolute atomic E-state index is 0.0375. The third-order valence-electron chi connectivity index (χ3n) is 7.43. The number of nitrogens with zero attached hydrogens (tertiary/aromatic N) is 2. The van der Waals surface area contributed by atoms with Gasteiger partial charge in [0, 0.05) is 52.5 Å². The van der Waals surface area contributed by atoms with Crippen molar-refractivity contribution in [1.29, 1.82) is 0 Å². The van der Waals surface area contributed by atoms with Crippen LogP contribution in [0.4, 0.5) is 15.8 Å². The number of nitro benzene ring substituents is 1. The SMILES string of the molecule is O=C(c1ccc(F)cc1)C1C(c2ccc([N+](=O)[O-])cc2)C2CSCN2[C@@]12C(=O)Nc1ccccc12. The van der Waals surface area contributed by atoms with E-state index in [2.05, 4.69) is 10.2 Å². The molecule has 1 spiro atoms. The summed E-state index contributed by atoms with van der Waals surface area (Å²) in [6.45, 7) is 0. The quantitative estimate of drug-likeness (QED) is 0.328. The molecule has 2 saturated heterocycles. The van der Waals surface area contributed by atoms with E-state index < -0.39 is 22.2 Å². The molecule has 1 amide bonds. The second kappa shape index (κ2) is 8.00. The first-order valence-electron chi connectivity index (χ1n) is 11.2. The van der Waals surface area contributed by atoms with Crippen molar-refractivity contribution < 1.29 is 18.9 Å². The molecule has 0 bridgehead atoms. The number of rotatable bonds is 4. The molecule has 3 heterocycles. The van der Waals surface area contributed by atoms with Crippen LogP contribution in [0.5, 0.6) is 0 Å². The van der Waals surface area contributed by atoms with E-state index in [1.165, 1.54) is 36.4 Å². The Balaban J connectivity index is 1.58. The Kier molecular flexibility index (Phi) is 5.01. The van der Waals surface area contributed by atoms with Crippen molar-refractivity contribution in [1.82, 2.24) is 4.90 Å². The van der Waals surface area contributed by atoms with Crippen molar-refractivity contribution in [3.05, 3.63) is 105 Å². The number of fused-ring (bicyclic) bond motifs is 4. The number of carbonyl (C=O) groups excluding carboxylic acids is 2. The summed E-state index contributed by atoms with van der Waals surface area (Å²) in [5.41, 5.74) is 1.25. The van der Waals surface area contributed by atoms with Crippen molar-refractivity contribution >= 4 is 34.8 Å². The van der Waals surface area contributed by atoms with E-state index in [9.17, 15) is 24.1 Å². The van der Waals surface area contributed by atoms with Crippen LogP contribution in [-0.2, 0) is 10.3 Å². The number of hydrogen-bond acceptors (Lipinski definition) is 6. The number of benzene rings is 3. The average Bonchev–Trinajstić information content (AvgIpc) is 3.52. The van der Waals surface area contributed by atoms with Crippen LogP contribution in [0, 0.1) is 21.8 Å². The Morgan fingerprint density at radius 2 is 1.80 bits per heavy atom. The number of non-ortho nitro benzene ring substituents is 1. The third-order valence-corrected chi connectivity index (χ3v) is 8.47. The molecule has 0 radical (unpaired) electrons. The summed E-state index contributed by atoms with van der Waals surface area (Å²) in [5, 5.41) is 14.2. The highest BCUT2D eigenvalue weighted by Crippen LogP contribution is 2.61. The zero-order chi connectivity index (χ0) is 24.3. The van der Waals surface area contributed by atoms with Crippen molar-refractivity contribution in [2.24, 2.45) is 5.92 Å². The van der Waals surface area contributed by atoms with Crippen molar-refractivity contribution in [2.45, 2.75) is 17.5 Å². The van der Waals surface area contributed by atoms with Crippen molar-refractivity contribution in [3.8, 4) is 0 Å². The largest absolute Gasteiger partial charge is 0.324 e. The second-order valence-electron chi connectivity index (χ2n) is 9.03. The van der Waals surface area contributed by atoms with Crippen LogP contribution in [0.3, 0.4) is 0 Å². The van der Waals surface area contributed by atoms with Crippen LogP contribution < -0.4 is 5.32 Å². The molecule has 4 atom stereocenters. The molecule has 3 aliphatic heterocycles. The molecule has 9 heteroatoms. The average molecular weight is 490 g/mol. The van der Waals surface area contributed by atoms with Gasteiger partial charge in [-0.25, -0.2) is 4.39 Å². The van der Waals surface area contributed by atoms with Gasteiger partial charge in [-0.2, -0.15) is 0 Å². The first-order valence-corrected chi connectivity index (χ1v) is 12.4. The fourth-order valence-electron chi connectivity index (χ4n) is 6.02. The molecule has 3 aromatic carbocycles. The van der Waals surface area contributed by atoms with E-state index in [1.807, 2.05) is 24.3 Å². The van der Waals surface area contributed by atoms with Gasteiger partial charge in [0.2, 0.25) is 5.91 Å². The van der Waals surface area contributed by atoms with Crippen LogP contribution in [-0.4, -0.2) is 39.2 Å². The minimum atomic E-state index is -1.23. The van der Waals surface area contributed by atoms with Crippen LogP contribution in [0.2, 0.25) is 0 Å². The number of hydrogen-bond donors (Lipinski definition) is 1. The Bertz CT molecular complexity index is 1360. The monoisotopic (exact) mass is 489 g/mol. The number of halogens is 1. The van der Waals surface area contributed by atoms with Crippen LogP contribution in [0.15, 0.2) is 72.8 Å². The summed E-state index contributed by atoms with van der Waals surface area (Å²) in [7, 11) is 0. The number of amides is 1. The summed E-state index contributed by atoms with van der Waals surface area (Å²) in [4.78, 5) is 41.0. The number of para-hydroxylation sites is 1. The lowest BCUT2D eigenvalue weighted by Gasteiger charge is -2.36. The molecular weight excluding hydrogens is 469 g/mol. The van der Waals surface area contributed by atoms with Gasteiger partial charge in [0.1, 0.15) is 11.4 Å². The number of nitro groups is 1. The summed E-state index contributed by atoms with van der Waals surface area (Å²) >= 11 is 1.70. The molecule has 35 heavy (non-hydrogen) atoms. The Morgan fingerprint density at radius 1 is 1.09 bits per heavy atom. The molecule has 3 aliphatic rings. The molecule has 6 rings (SSSR count). The first kappa shape index (κ1) is 21.9. The topological polar surface area (TPSA) is 92.5 Å². The molecule has 3 aromatic rings.